The molecule has 2 atom stereocenters. The van der Waals surface area contributed by atoms with Gasteiger partial charge in [-0.25, -0.2) is 4.39 Å². The Kier molecular flexibility index (Phi) is 3.71. The van der Waals surface area contributed by atoms with Crippen molar-refractivity contribution in [2.45, 2.75) is 26.3 Å². The summed E-state index contributed by atoms with van der Waals surface area (Å²) in [5.74, 6) is -0.219. The van der Waals surface area contributed by atoms with Crippen molar-refractivity contribution < 1.29 is 9.31 Å². The van der Waals surface area contributed by atoms with Gasteiger partial charge in [0.25, 0.3) is 5.69 Å². The number of nitro groups is 1. The summed E-state index contributed by atoms with van der Waals surface area (Å²) in [6.07, 6.45) is 0.908. The smallest absolute Gasteiger partial charge is 0.295 e. The van der Waals surface area contributed by atoms with Crippen LogP contribution in [0.2, 0.25) is 0 Å². The summed E-state index contributed by atoms with van der Waals surface area (Å²) in [7, 11) is 0. The average molecular weight is 267 g/mol. The van der Waals surface area contributed by atoms with Crippen LogP contribution >= 0.6 is 0 Å². The summed E-state index contributed by atoms with van der Waals surface area (Å²) in [6.45, 7) is 4.96. The van der Waals surface area contributed by atoms with Crippen LogP contribution in [0.3, 0.4) is 0 Å². The fourth-order valence-electron chi connectivity index (χ4n) is 2.49. The van der Waals surface area contributed by atoms with E-state index in [0.717, 1.165) is 19.0 Å². The lowest BCUT2D eigenvalue weighted by Crippen LogP contribution is -2.30. The highest BCUT2D eigenvalue weighted by atomic mass is 19.1. The zero-order valence-electron chi connectivity index (χ0n) is 11.1. The third-order valence-electron chi connectivity index (χ3n) is 3.76. The van der Waals surface area contributed by atoms with Crippen LogP contribution in [-0.4, -0.2) is 24.1 Å². The predicted octanol–water partition coefficient (Wildman–Crippen LogP) is 2.22. The van der Waals surface area contributed by atoms with Gasteiger partial charge < -0.3 is 10.6 Å². The van der Waals surface area contributed by atoms with E-state index in [9.17, 15) is 14.5 Å². The summed E-state index contributed by atoms with van der Waals surface area (Å²) in [5.41, 5.74) is 6.61. The molecule has 0 radical (unpaired) electrons. The Labute approximate surface area is 111 Å². The zero-order valence-corrected chi connectivity index (χ0v) is 11.1. The summed E-state index contributed by atoms with van der Waals surface area (Å²) < 4.78 is 13.5. The fourth-order valence-corrected chi connectivity index (χ4v) is 2.49. The molecular weight excluding hydrogens is 249 g/mol. The van der Waals surface area contributed by atoms with Crippen LogP contribution in [-0.2, 0) is 0 Å². The minimum absolute atomic E-state index is 0.0607. The van der Waals surface area contributed by atoms with Gasteiger partial charge in [-0.2, -0.15) is 0 Å². The van der Waals surface area contributed by atoms with Crippen molar-refractivity contribution in [3.05, 3.63) is 33.6 Å². The molecule has 1 aliphatic heterocycles. The third kappa shape index (κ3) is 2.68. The molecular formula is C13H18FN3O2. The van der Waals surface area contributed by atoms with Gasteiger partial charge in [-0.15, -0.1) is 0 Å². The molecule has 6 heteroatoms. The molecule has 1 saturated heterocycles. The summed E-state index contributed by atoms with van der Waals surface area (Å²) >= 11 is 0. The second kappa shape index (κ2) is 5.13. The zero-order chi connectivity index (χ0) is 14.2. The molecule has 1 fully saturated rings. The number of nitrogens with zero attached hydrogens (tertiary/aromatic N) is 2. The van der Waals surface area contributed by atoms with E-state index in [-0.39, 0.29) is 11.7 Å². The Hall–Kier alpha value is -1.69. The number of anilines is 1. The molecule has 1 aliphatic rings. The number of halogens is 1. The molecule has 2 N–H and O–H groups in total. The highest BCUT2D eigenvalue weighted by Crippen LogP contribution is 2.34. The molecule has 2 unspecified atom stereocenters. The second-order valence-corrected chi connectivity index (χ2v) is 5.20. The molecule has 19 heavy (non-hydrogen) atoms. The van der Waals surface area contributed by atoms with Crippen LogP contribution in [0.5, 0.6) is 0 Å². The van der Waals surface area contributed by atoms with E-state index in [4.69, 9.17) is 5.73 Å². The van der Waals surface area contributed by atoms with Crippen LogP contribution in [0.15, 0.2) is 12.1 Å². The first-order chi connectivity index (χ1) is 8.90. The number of hydrogen-bond acceptors (Lipinski definition) is 4. The van der Waals surface area contributed by atoms with Gasteiger partial charge in [0.2, 0.25) is 0 Å². The lowest BCUT2D eigenvalue weighted by Gasteiger charge is -2.20. The third-order valence-corrected chi connectivity index (χ3v) is 3.76. The normalized spacial score (nSPS) is 20.6. The largest absolute Gasteiger partial charge is 0.366 e. The van der Waals surface area contributed by atoms with Crippen LogP contribution in [0.1, 0.15) is 18.9 Å². The topological polar surface area (TPSA) is 72.4 Å². The monoisotopic (exact) mass is 267 g/mol. The highest BCUT2D eigenvalue weighted by Gasteiger charge is 2.30. The maximum Gasteiger partial charge on any atom is 0.295 e. The lowest BCUT2D eigenvalue weighted by atomic mass is 10.0. The van der Waals surface area contributed by atoms with E-state index in [1.54, 1.807) is 13.0 Å². The molecule has 1 aromatic rings. The maximum atomic E-state index is 13.5. The van der Waals surface area contributed by atoms with Crippen LogP contribution < -0.4 is 10.6 Å². The van der Waals surface area contributed by atoms with Gasteiger partial charge in [0.1, 0.15) is 11.5 Å². The van der Waals surface area contributed by atoms with E-state index in [2.05, 4.69) is 0 Å². The van der Waals surface area contributed by atoms with Crippen molar-refractivity contribution in [3.63, 3.8) is 0 Å². The van der Waals surface area contributed by atoms with E-state index >= 15 is 0 Å². The fraction of sp³-hybridized carbons (Fsp3) is 0.538. The van der Waals surface area contributed by atoms with Crippen molar-refractivity contribution in [3.8, 4) is 0 Å². The molecule has 0 saturated carbocycles. The standard InChI is InChI=1S/C13H18FN3O2/c1-8-5-12(13(17(18)19)6-11(8)14)16-4-3-10(7-16)9(2)15/h5-6,9-10H,3-4,7,15H2,1-2H3. The van der Waals surface area contributed by atoms with Crippen LogP contribution in [0.25, 0.3) is 0 Å². The van der Waals surface area contributed by atoms with Gasteiger partial charge in [0.15, 0.2) is 0 Å². The van der Waals surface area contributed by atoms with E-state index < -0.39 is 10.7 Å². The van der Waals surface area contributed by atoms with Crippen LogP contribution in [0, 0.1) is 28.8 Å². The van der Waals surface area contributed by atoms with Crippen molar-refractivity contribution >= 4 is 11.4 Å². The van der Waals surface area contributed by atoms with Gasteiger partial charge in [-0.3, -0.25) is 10.1 Å². The number of hydrogen-bond donors (Lipinski definition) is 1. The number of aryl methyl sites for hydroxylation is 1. The minimum atomic E-state index is -0.543. The highest BCUT2D eigenvalue weighted by molar-refractivity contribution is 5.65. The van der Waals surface area contributed by atoms with Gasteiger partial charge in [0.05, 0.1) is 11.0 Å². The SMILES string of the molecule is Cc1cc(N2CCC(C(C)N)C2)c([N+](=O)[O-])cc1F. The first kappa shape index (κ1) is 13.7. The van der Waals surface area contributed by atoms with Crippen molar-refractivity contribution in [2.75, 3.05) is 18.0 Å². The molecule has 2 rings (SSSR count). The van der Waals surface area contributed by atoms with E-state index in [1.165, 1.54) is 0 Å². The lowest BCUT2D eigenvalue weighted by molar-refractivity contribution is -0.384. The molecule has 0 bridgehead atoms. The molecule has 5 nitrogen and oxygen atoms in total. The molecule has 0 amide bonds. The maximum absolute atomic E-state index is 13.5. The second-order valence-electron chi connectivity index (χ2n) is 5.20. The number of benzene rings is 1. The molecule has 104 valence electrons. The quantitative estimate of drug-likeness (QED) is 0.673. The van der Waals surface area contributed by atoms with Gasteiger partial charge in [0, 0.05) is 19.1 Å². The number of nitro benzene ring substituents is 1. The average Bonchev–Trinajstić information content (AvgIpc) is 2.81. The van der Waals surface area contributed by atoms with E-state index in [1.807, 2.05) is 11.8 Å². The Morgan fingerprint density at radius 1 is 1.58 bits per heavy atom. The van der Waals surface area contributed by atoms with Gasteiger partial charge in [-0.1, -0.05) is 0 Å². The summed E-state index contributed by atoms with van der Waals surface area (Å²) in [5, 5.41) is 11.0. The summed E-state index contributed by atoms with van der Waals surface area (Å²) in [6, 6.07) is 2.62. The van der Waals surface area contributed by atoms with Crippen molar-refractivity contribution in [1.82, 2.24) is 0 Å². The van der Waals surface area contributed by atoms with Crippen molar-refractivity contribution in [1.29, 1.82) is 0 Å². The Bertz CT molecular complexity index is 505. The Morgan fingerprint density at radius 3 is 2.79 bits per heavy atom. The summed E-state index contributed by atoms with van der Waals surface area (Å²) in [4.78, 5) is 12.4. The first-order valence-corrected chi connectivity index (χ1v) is 6.35. The molecule has 1 aromatic carbocycles. The van der Waals surface area contributed by atoms with E-state index in [0.29, 0.717) is 23.7 Å². The number of nitrogens with two attached hydrogens (primary N) is 1. The predicted molar refractivity (Wildman–Crippen MR) is 71.8 cm³/mol. The van der Waals surface area contributed by atoms with Gasteiger partial charge >= 0.3 is 0 Å². The molecule has 0 spiro atoms. The Morgan fingerprint density at radius 2 is 2.26 bits per heavy atom. The molecule has 0 aromatic heterocycles. The minimum Gasteiger partial charge on any atom is -0.366 e. The first-order valence-electron chi connectivity index (χ1n) is 6.35. The van der Waals surface area contributed by atoms with Crippen LogP contribution in [0.4, 0.5) is 15.8 Å². The van der Waals surface area contributed by atoms with Crippen molar-refractivity contribution in [2.24, 2.45) is 11.7 Å². The molecule has 0 aliphatic carbocycles. The molecule has 1 heterocycles. The van der Waals surface area contributed by atoms with Gasteiger partial charge in [-0.05, 0) is 37.8 Å². The Balaban J connectivity index is 2.34. The number of rotatable bonds is 3.